The number of methoxy groups -OCH3 is 1. The molecule has 0 unspecified atom stereocenters. The summed E-state index contributed by atoms with van der Waals surface area (Å²) < 4.78 is 13.9. The Hall–Kier alpha value is -3.54. The maximum atomic E-state index is 11.6. The van der Waals surface area contributed by atoms with E-state index in [1.165, 1.54) is 0 Å². The Labute approximate surface area is 208 Å². The van der Waals surface area contributed by atoms with Crippen molar-refractivity contribution >= 4 is 23.0 Å². The molecule has 35 heavy (non-hydrogen) atoms. The number of nitrogens with one attached hydrogen (secondary N) is 1. The third-order valence-electron chi connectivity index (χ3n) is 5.81. The number of hydrogen-bond acceptors (Lipinski definition) is 4. The van der Waals surface area contributed by atoms with Crippen molar-refractivity contribution in [1.82, 2.24) is 14.9 Å². The van der Waals surface area contributed by atoms with Gasteiger partial charge in [0, 0.05) is 25.1 Å². The summed E-state index contributed by atoms with van der Waals surface area (Å²) in [5.74, 6) is 2.54. The second kappa shape index (κ2) is 13.4. The first-order chi connectivity index (χ1) is 17.0. The van der Waals surface area contributed by atoms with Gasteiger partial charge in [0.15, 0.2) is 11.5 Å². The quantitative estimate of drug-likeness (QED) is 0.231. The molecule has 0 spiro atoms. The summed E-state index contributed by atoms with van der Waals surface area (Å²) in [5.41, 5.74) is 3.82. The zero-order valence-electron chi connectivity index (χ0n) is 21.2. The summed E-state index contributed by atoms with van der Waals surface area (Å²) in [4.78, 5) is 16.5. The standard InChI is InChI=1S/C29H37N3O3/c1-5-12-23-16-17-26(27(21-23)34-4)35-20-11-19-32-25-14-9-8-13-24(25)31-28(32)15-7-6-10-18-30-29(33)22(2)3/h5,8-9,12-14,16-17,21H,2,6-7,10-11,15,18-20H2,1,3-4H3,(H,30,33)/b12-5+. The monoisotopic (exact) mass is 475 g/mol. The summed E-state index contributed by atoms with van der Waals surface area (Å²) >= 11 is 0. The number of benzene rings is 2. The molecule has 6 heteroatoms. The van der Waals surface area contributed by atoms with E-state index in [2.05, 4.69) is 34.7 Å². The van der Waals surface area contributed by atoms with Gasteiger partial charge in [0.05, 0.1) is 24.8 Å². The molecule has 0 aliphatic carbocycles. The van der Waals surface area contributed by atoms with E-state index in [1.807, 2.05) is 43.3 Å². The first-order valence-electron chi connectivity index (χ1n) is 12.3. The van der Waals surface area contributed by atoms with Gasteiger partial charge in [-0.15, -0.1) is 0 Å². The van der Waals surface area contributed by atoms with Crippen LogP contribution < -0.4 is 14.8 Å². The van der Waals surface area contributed by atoms with Crippen LogP contribution in [0.2, 0.25) is 0 Å². The number of allylic oxidation sites excluding steroid dienone is 1. The van der Waals surface area contributed by atoms with Crippen molar-refractivity contribution in [2.24, 2.45) is 0 Å². The lowest BCUT2D eigenvalue weighted by Gasteiger charge is -2.13. The number of para-hydroxylation sites is 2. The molecule has 1 aromatic heterocycles. The maximum Gasteiger partial charge on any atom is 0.246 e. The summed E-state index contributed by atoms with van der Waals surface area (Å²) in [6, 6.07) is 14.3. The van der Waals surface area contributed by atoms with Crippen molar-refractivity contribution < 1.29 is 14.3 Å². The molecular formula is C29H37N3O3. The minimum absolute atomic E-state index is 0.0691. The molecule has 0 fully saturated rings. The number of nitrogens with zero attached hydrogens (tertiary/aromatic N) is 2. The number of aromatic nitrogens is 2. The molecular weight excluding hydrogens is 438 g/mol. The van der Waals surface area contributed by atoms with Crippen molar-refractivity contribution in [2.75, 3.05) is 20.3 Å². The van der Waals surface area contributed by atoms with E-state index in [4.69, 9.17) is 14.5 Å². The lowest BCUT2D eigenvalue weighted by Crippen LogP contribution is -2.24. The van der Waals surface area contributed by atoms with Gasteiger partial charge < -0.3 is 19.4 Å². The molecule has 0 bridgehead atoms. The number of amides is 1. The molecule has 186 valence electrons. The van der Waals surface area contributed by atoms with E-state index in [1.54, 1.807) is 14.0 Å². The maximum absolute atomic E-state index is 11.6. The van der Waals surface area contributed by atoms with Gasteiger partial charge in [-0.3, -0.25) is 4.79 Å². The van der Waals surface area contributed by atoms with Crippen LogP contribution in [0, 0.1) is 0 Å². The van der Waals surface area contributed by atoms with Crippen molar-refractivity contribution in [3.05, 3.63) is 72.1 Å². The van der Waals surface area contributed by atoms with Crippen LogP contribution in [0.5, 0.6) is 11.5 Å². The number of carbonyl (C=O) groups is 1. The van der Waals surface area contributed by atoms with E-state index < -0.39 is 0 Å². The van der Waals surface area contributed by atoms with Gasteiger partial charge in [-0.2, -0.15) is 0 Å². The molecule has 0 aliphatic heterocycles. The Bertz CT molecular complexity index is 1160. The number of fused-ring (bicyclic) bond motifs is 1. The zero-order valence-corrected chi connectivity index (χ0v) is 21.2. The molecule has 1 N–H and O–H groups in total. The fourth-order valence-electron chi connectivity index (χ4n) is 4.01. The molecule has 0 aliphatic rings. The molecule has 0 radical (unpaired) electrons. The minimum atomic E-state index is -0.0691. The highest BCUT2D eigenvalue weighted by atomic mass is 16.5. The predicted molar refractivity (Wildman–Crippen MR) is 143 cm³/mol. The first kappa shape index (κ1) is 26.1. The number of unbranched alkanes of at least 4 members (excludes halogenated alkanes) is 2. The topological polar surface area (TPSA) is 65.4 Å². The average Bonchev–Trinajstić information content (AvgIpc) is 3.21. The van der Waals surface area contributed by atoms with Gasteiger partial charge in [-0.05, 0) is 62.9 Å². The average molecular weight is 476 g/mol. The normalized spacial score (nSPS) is 11.2. The van der Waals surface area contributed by atoms with Crippen molar-refractivity contribution in [3.8, 4) is 11.5 Å². The molecule has 0 atom stereocenters. The molecule has 6 nitrogen and oxygen atoms in total. The minimum Gasteiger partial charge on any atom is -0.493 e. The van der Waals surface area contributed by atoms with E-state index in [0.717, 1.165) is 72.6 Å². The van der Waals surface area contributed by atoms with Gasteiger partial charge in [-0.1, -0.05) is 43.4 Å². The predicted octanol–water partition coefficient (Wildman–Crippen LogP) is 5.95. The second-order valence-electron chi connectivity index (χ2n) is 8.63. The Morgan fingerprint density at radius 3 is 2.71 bits per heavy atom. The Kier molecular flexibility index (Phi) is 9.96. The van der Waals surface area contributed by atoms with E-state index in [9.17, 15) is 4.79 Å². The molecule has 3 rings (SSSR count). The lowest BCUT2D eigenvalue weighted by molar-refractivity contribution is -0.117. The van der Waals surface area contributed by atoms with Crippen LogP contribution in [0.25, 0.3) is 17.1 Å². The number of aryl methyl sites for hydroxylation is 2. The summed E-state index contributed by atoms with van der Waals surface area (Å²) in [5, 5.41) is 2.89. The van der Waals surface area contributed by atoms with Crippen molar-refractivity contribution in [1.29, 1.82) is 0 Å². The van der Waals surface area contributed by atoms with Crippen LogP contribution in [0.3, 0.4) is 0 Å². The van der Waals surface area contributed by atoms with Crippen LogP contribution >= 0.6 is 0 Å². The van der Waals surface area contributed by atoms with E-state index >= 15 is 0 Å². The summed E-state index contributed by atoms with van der Waals surface area (Å²) in [7, 11) is 1.67. The van der Waals surface area contributed by atoms with Crippen LogP contribution in [0.4, 0.5) is 0 Å². The zero-order chi connectivity index (χ0) is 25.0. The van der Waals surface area contributed by atoms with Gasteiger partial charge in [0.1, 0.15) is 5.82 Å². The Balaban J connectivity index is 1.54. The highest BCUT2D eigenvalue weighted by molar-refractivity contribution is 5.92. The molecule has 1 heterocycles. The number of carbonyl (C=O) groups excluding carboxylic acids is 1. The lowest BCUT2D eigenvalue weighted by atomic mass is 10.2. The molecule has 3 aromatic rings. The Morgan fingerprint density at radius 2 is 1.94 bits per heavy atom. The third-order valence-corrected chi connectivity index (χ3v) is 5.81. The van der Waals surface area contributed by atoms with Crippen LogP contribution in [-0.4, -0.2) is 35.7 Å². The summed E-state index contributed by atoms with van der Waals surface area (Å²) in [6.07, 6.45) is 8.82. The number of ether oxygens (including phenoxy) is 2. The van der Waals surface area contributed by atoms with Gasteiger partial charge in [0.2, 0.25) is 5.91 Å². The molecule has 2 aromatic carbocycles. The van der Waals surface area contributed by atoms with Crippen molar-refractivity contribution in [2.45, 2.75) is 52.5 Å². The smallest absolute Gasteiger partial charge is 0.246 e. The van der Waals surface area contributed by atoms with E-state index in [-0.39, 0.29) is 5.91 Å². The highest BCUT2D eigenvalue weighted by Crippen LogP contribution is 2.29. The first-order valence-corrected chi connectivity index (χ1v) is 12.3. The van der Waals surface area contributed by atoms with Crippen molar-refractivity contribution in [3.63, 3.8) is 0 Å². The fraction of sp³-hybridized carbons (Fsp3) is 0.379. The number of imidazole rings is 1. The van der Waals surface area contributed by atoms with E-state index in [0.29, 0.717) is 18.7 Å². The third kappa shape index (κ3) is 7.47. The van der Waals surface area contributed by atoms with Crippen LogP contribution in [-0.2, 0) is 17.8 Å². The largest absolute Gasteiger partial charge is 0.493 e. The molecule has 0 saturated heterocycles. The Morgan fingerprint density at radius 1 is 1.11 bits per heavy atom. The fourth-order valence-corrected chi connectivity index (χ4v) is 4.01. The summed E-state index contributed by atoms with van der Waals surface area (Å²) in [6.45, 7) is 9.49. The number of rotatable bonds is 14. The second-order valence-corrected chi connectivity index (χ2v) is 8.63. The molecule has 1 amide bonds. The number of hydrogen-bond donors (Lipinski definition) is 1. The SMILES string of the molecule is C=C(C)C(=O)NCCCCCc1nc2ccccc2n1CCCOc1ccc(/C=C/C)cc1OC. The van der Waals surface area contributed by atoms with Crippen LogP contribution in [0.15, 0.2) is 60.7 Å². The van der Waals surface area contributed by atoms with Gasteiger partial charge in [-0.25, -0.2) is 4.98 Å². The van der Waals surface area contributed by atoms with Gasteiger partial charge >= 0.3 is 0 Å². The highest BCUT2D eigenvalue weighted by Gasteiger charge is 2.11. The van der Waals surface area contributed by atoms with Crippen LogP contribution in [0.1, 0.15) is 50.9 Å². The molecule has 0 saturated carbocycles. The van der Waals surface area contributed by atoms with Gasteiger partial charge in [0.25, 0.3) is 0 Å².